The number of rotatable bonds is 9. The highest BCUT2D eigenvalue weighted by atomic mass is 32.2. The highest BCUT2D eigenvalue weighted by molar-refractivity contribution is 7.89. The van der Waals surface area contributed by atoms with Crippen LogP contribution in [0, 0.1) is 0 Å². The summed E-state index contributed by atoms with van der Waals surface area (Å²) in [6, 6.07) is 13.7. The fraction of sp³-hybridized carbons (Fsp3) is 0.409. The van der Waals surface area contributed by atoms with E-state index in [2.05, 4.69) is 26.8 Å². The van der Waals surface area contributed by atoms with Crippen LogP contribution in [0.5, 0.6) is 0 Å². The third kappa shape index (κ3) is 6.04. The molecule has 8 nitrogen and oxygen atoms in total. The van der Waals surface area contributed by atoms with Crippen LogP contribution in [0.15, 0.2) is 53.4 Å². The average Bonchev–Trinajstić information content (AvgIpc) is 2.80. The molecule has 1 aliphatic rings. The zero-order valence-electron chi connectivity index (χ0n) is 18.0. The van der Waals surface area contributed by atoms with Crippen molar-refractivity contribution >= 4 is 27.3 Å². The number of para-hydroxylation sites is 2. The Kier molecular flexibility index (Phi) is 8.03. The molecular formula is C22H30N4O4S. The monoisotopic (exact) mass is 446 g/mol. The van der Waals surface area contributed by atoms with Crippen LogP contribution in [0.1, 0.15) is 17.3 Å². The first-order valence-electron chi connectivity index (χ1n) is 10.4. The summed E-state index contributed by atoms with van der Waals surface area (Å²) < 4.78 is 32.2. The molecule has 0 bridgehead atoms. The maximum Gasteiger partial charge on any atom is 0.255 e. The molecule has 9 heteroatoms. The van der Waals surface area contributed by atoms with E-state index < -0.39 is 10.0 Å². The Morgan fingerprint density at radius 3 is 2.52 bits per heavy atom. The van der Waals surface area contributed by atoms with Crippen molar-refractivity contribution in [2.45, 2.75) is 11.8 Å². The second-order valence-electron chi connectivity index (χ2n) is 7.31. The Morgan fingerprint density at radius 1 is 1.06 bits per heavy atom. The molecule has 1 saturated heterocycles. The average molecular weight is 447 g/mol. The number of hydrogen-bond acceptors (Lipinski definition) is 6. The molecule has 0 aromatic heterocycles. The molecular weight excluding hydrogens is 416 g/mol. The van der Waals surface area contributed by atoms with Gasteiger partial charge in [-0.05, 0) is 36.9 Å². The maximum atomic E-state index is 12.9. The van der Waals surface area contributed by atoms with Crippen LogP contribution in [-0.4, -0.2) is 72.2 Å². The van der Waals surface area contributed by atoms with Crippen LogP contribution in [0.4, 0.5) is 11.4 Å². The van der Waals surface area contributed by atoms with Gasteiger partial charge in [-0.15, -0.1) is 0 Å². The number of hydrogen-bond donors (Lipinski definition) is 2. The molecule has 2 aromatic rings. The van der Waals surface area contributed by atoms with E-state index in [1.165, 1.54) is 19.2 Å². The summed E-state index contributed by atoms with van der Waals surface area (Å²) in [5, 5.41) is 2.95. The first-order chi connectivity index (χ1) is 14.9. The molecule has 0 aliphatic carbocycles. The van der Waals surface area contributed by atoms with Gasteiger partial charge in [-0.25, -0.2) is 13.1 Å². The summed E-state index contributed by atoms with van der Waals surface area (Å²) in [6.45, 7) is 7.36. The number of nitrogens with one attached hydrogen (secondary N) is 2. The molecule has 0 radical (unpaired) electrons. The van der Waals surface area contributed by atoms with Gasteiger partial charge in [-0.3, -0.25) is 4.79 Å². The summed E-state index contributed by atoms with van der Waals surface area (Å²) in [7, 11) is -2.22. The third-order valence-corrected chi connectivity index (χ3v) is 6.78. The number of sulfonamides is 1. The van der Waals surface area contributed by atoms with Gasteiger partial charge in [-0.2, -0.15) is 0 Å². The lowest BCUT2D eigenvalue weighted by molar-refractivity contribution is 0.102. The van der Waals surface area contributed by atoms with E-state index in [1.807, 2.05) is 24.3 Å². The summed E-state index contributed by atoms with van der Waals surface area (Å²) in [5.74, 6) is -0.353. The number of carbonyl (C=O) groups excluding carboxylic acids is 1. The topological polar surface area (TPSA) is 91.0 Å². The summed E-state index contributed by atoms with van der Waals surface area (Å²) in [4.78, 5) is 17.6. The minimum atomic E-state index is -3.72. The highest BCUT2D eigenvalue weighted by Crippen LogP contribution is 2.27. The van der Waals surface area contributed by atoms with E-state index in [0.717, 1.165) is 38.4 Å². The smallest absolute Gasteiger partial charge is 0.255 e. The number of likely N-dealkylation sites (N-methyl/N-ethyl adjacent to an activating group) is 1. The van der Waals surface area contributed by atoms with E-state index in [-0.39, 0.29) is 29.5 Å². The molecule has 31 heavy (non-hydrogen) atoms. The van der Waals surface area contributed by atoms with Gasteiger partial charge in [0, 0.05) is 45.4 Å². The fourth-order valence-electron chi connectivity index (χ4n) is 3.52. The summed E-state index contributed by atoms with van der Waals surface area (Å²) >= 11 is 0. The Morgan fingerprint density at radius 2 is 1.81 bits per heavy atom. The van der Waals surface area contributed by atoms with Gasteiger partial charge < -0.3 is 19.9 Å². The van der Waals surface area contributed by atoms with Gasteiger partial charge in [0.15, 0.2) is 0 Å². The molecule has 168 valence electrons. The number of methoxy groups -OCH3 is 1. The van der Waals surface area contributed by atoms with Crippen molar-refractivity contribution in [1.82, 2.24) is 9.62 Å². The molecule has 3 rings (SSSR count). The van der Waals surface area contributed by atoms with Crippen LogP contribution in [-0.2, 0) is 14.8 Å². The van der Waals surface area contributed by atoms with Crippen molar-refractivity contribution in [3.63, 3.8) is 0 Å². The molecule has 2 aromatic carbocycles. The van der Waals surface area contributed by atoms with Crippen LogP contribution in [0.2, 0.25) is 0 Å². The fourth-order valence-corrected chi connectivity index (χ4v) is 4.58. The van der Waals surface area contributed by atoms with E-state index in [1.54, 1.807) is 12.1 Å². The minimum Gasteiger partial charge on any atom is -0.383 e. The SMILES string of the molecule is CCN1CCN(c2ccccc2NC(=O)c2cccc(S(=O)(=O)NCCOC)c2)CC1. The van der Waals surface area contributed by atoms with Gasteiger partial charge in [-0.1, -0.05) is 25.1 Å². The predicted molar refractivity (Wildman–Crippen MR) is 122 cm³/mol. The molecule has 2 N–H and O–H groups in total. The Labute approximate surface area is 184 Å². The second kappa shape index (κ2) is 10.7. The molecule has 1 amide bonds. The lowest BCUT2D eigenvalue weighted by Crippen LogP contribution is -2.46. The van der Waals surface area contributed by atoms with Crippen molar-refractivity contribution in [3.05, 3.63) is 54.1 Å². The highest BCUT2D eigenvalue weighted by Gasteiger charge is 2.20. The maximum absolute atomic E-state index is 12.9. The summed E-state index contributed by atoms with van der Waals surface area (Å²) in [6.07, 6.45) is 0. The van der Waals surface area contributed by atoms with E-state index >= 15 is 0 Å². The Hall–Kier alpha value is -2.46. The number of amides is 1. The zero-order chi connectivity index (χ0) is 22.3. The number of anilines is 2. The molecule has 0 atom stereocenters. The number of carbonyl (C=O) groups is 1. The molecule has 1 fully saturated rings. The summed E-state index contributed by atoms with van der Waals surface area (Å²) in [5.41, 5.74) is 1.96. The first-order valence-corrected chi connectivity index (χ1v) is 11.9. The van der Waals surface area contributed by atoms with Crippen molar-refractivity contribution in [3.8, 4) is 0 Å². The number of piperazine rings is 1. The zero-order valence-corrected chi connectivity index (χ0v) is 18.8. The van der Waals surface area contributed by atoms with Crippen LogP contribution < -0.4 is 14.9 Å². The normalized spacial score (nSPS) is 15.1. The number of ether oxygens (including phenoxy) is 1. The molecule has 0 unspecified atom stereocenters. The van der Waals surface area contributed by atoms with Gasteiger partial charge in [0.2, 0.25) is 10.0 Å². The van der Waals surface area contributed by atoms with Crippen molar-refractivity contribution < 1.29 is 17.9 Å². The first kappa shape index (κ1) is 23.2. The second-order valence-corrected chi connectivity index (χ2v) is 9.08. The lowest BCUT2D eigenvalue weighted by Gasteiger charge is -2.36. The van der Waals surface area contributed by atoms with Crippen molar-refractivity contribution in [2.24, 2.45) is 0 Å². The van der Waals surface area contributed by atoms with Crippen LogP contribution >= 0.6 is 0 Å². The van der Waals surface area contributed by atoms with Crippen molar-refractivity contribution in [1.29, 1.82) is 0 Å². The quantitative estimate of drug-likeness (QED) is 0.573. The van der Waals surface area contributed by atoms with Crippen LogP contribution in [0.3, 0.4) is 0 Å². The molecule has 0 saturated carbocycles. The molecule has 1 aliphatic heterocycles. The largest absolute Gasteiger partial charge is 0.383 e. The van der Waals surface area contributed by atoms with E-state index in [9.17, 15) is 13.2 Å². The Bertz CT molecular complexity index is 989. The van der Waals surface area contributed by atoms with E-state index in [0.29, 0.717) is 5.69 Å². The van der Waals surface area contributed by atoms with Gasteiger partial charge in [0.25, 0.3) is 5.91 Å². The molecule has 1 heterocycles. The van der Waals surface area contributed by atoms with E-state index in [4.69, 9.17) is 4.74 Å². The predicted octanol–water partition coefficient (Wildman–Crippen LogP) is 2.01. The molecule has 0 spiro atoms. The van der Waals surface area contributed by atoms with Gasteiger partial charge >= 0.3 is 0 Å². The number of benzene rings is 2. The van der Waals surface area contributed by atoms with Gasteiger partial charge in [0.1, 0.15) is 0 Å². The van der Waals surface area contributed by atoms with Crippen molar-refractivity contribution in [2.75, 3.05) is 63.2 Å². The standard InChI is InChI=1S/C22H30N4O4S/c1-3-25-12-14-26(15-13-25)21-10-5-4-9-20(21)24-22(27)18-7-6-8-19(17-18)31(28,29)23-11-16-30-2/h4-10,17,23H,3,11-16H2,1-2H3,(H,24,27). The Balaban J connectivity index is 1.74. The van der Waals surface area contributed by atoms with Gasteiger partial charge in [0.05, 0.1) is 22.9 Å². The minimum absolute atomic E-state index is 0.0419. The third-order valence-electron chi connectivity index (χ3n) is 5.32. The lowest BCUT2D eigenvalue weighted by atomic mass is 10.1. The van der Waals surface area contributed by atoms with Crippen LogP contribution in [0.25, 0.3) is 0 Å². The number of nitrogens with zero attached hydrogens (tertiary/aromatic N) is 2.